The van der Waals surface area contributed by atoms with Crippen molar-refractivity contribution in [3.05, 3.63) is 41.9 Å². The van der Waals surface area contributed by atoms with Crippen LogP contribution >= 0.6 is 0 Å². The van der Waals surface area contributed by atoms with Gasteiger partial charge in [0.25, 0.3) is 5.91 Å². The quantitative estimate of drug-likeness (QED) is 0.797. The number of likely N-dealkylation sites (tertiary alicyclic amines) is 1. The number of carbonyl (C=O) groups excluding carboxylic acids is 1. The summed E-state index contributed by atoms with van der Waals surface area (Å²) in [5.74, 6) is 1.30. The van der Waals surface area contributed by atoms with Crippen LogP contribution in [0.1, 0.15) is 34.5 Å². The van der Waals surface area contributed by atoms with Crippen LogP contribution in [0.3, 0.4) is 0 Å². The van der Waals surface area contributed by atoms with Gasteiger partial charge in [-0.05, 0) is 13.3 Å². The second-order valence-corrected chi connectivity index (χ2v) is 5.54. The third kappa shape index (κ3) is 3.48. The highest BCUT2D eigenvalue weighted by molar-refractivity contribution is 5.92. The first-order valence-corrected chi connectivity index (χ1v) is 7.84. The van der Waals surface area contributed by atoms with Crippen LogP contribution in [0, 0.1) is 6.92 Å². The molecule has 3 rings (SSSR count). The van der Waals surface area contributed by atoms with E-state index in [9.17, 15) is 4.79 Å². The van der Waals surface area contributed by atoms with Gasteiger partial charge in [0, 0.05) is 38.7 Å². The van der Waals surface area contributed by atoms with Crippen molar-refractivity contribution in [2.24, 2.45) is 0 Å². The van der Waals surface area contributed by atoms with E-state index in [0.29, 0.717) is 31.2 Å². The topological polar surface area (TPSA) is 93.1 Å². The highest BCUT2D eigenvalue weighted by Crippen LogP contribution is 2.33. The molecule has 1 atom stereocenters. The first kappa shape index (κ1) is 16.3. The molecular formula is C16H20N6O2. The van der Waals surface area contributed by atoms with Crippen LogP contribution in [-0.4, -0.2) is 57.5 Å². The average molecular weight is 328 g/mol. The molecule has 1 amide bonds. The molecule has 1 N–H and O–H groups in total. The maximum Gasteiger partial charge on any atom is 0.274 e. The van der Waals surface area contributed by atoms with Gasteiger partial charge >= 0.3 is 0 Å². The summed E-state index contributed by atoms with van der Waals surface area (Å²) in [5.41, 5.74) is 1.19. The van der Waals surface area contributed by atoms with Crippen molar-refractivity contribution in [2.45, 2.75) is 19.4 Å². The fourth-order valence-electron chi connectivity index (χ4n) is 2.63. The zero-order valence-corrected chi connectivity index (χ0v) is 13.8. The molecule has 2 aromatic heterocycles. The van der Waals surface area contributed by atoms with Gasteiger partial charge in [0.2, 0.25) is 0 Å². The van der Waals surface area contributed by atoms with E-state index in [2.05, 4.69) is 25.3 Å². The molecule has 0 spiro atoms. The lowest BCUT2D eigenvalue weighted by atomic mass is 9.98. The van der Waals surface area contributed by atoms with Gasteiger partial charge in [0.1, 0.15) is 17.3 Å². The zero-order chi connectivity index (χ0) is 16.9. The Hall–Kier alpha value is -2.61. The van der Waals surface area contributed by atoms with Crippen molar-refractivity contribution in [2.75, 3.05) is 32.1 Å². The van der Waals surface area contributed by atoms with Crippen LogP contribution in [-0.2, 0) is 4.74 Å². The second-order valence-electron chi connectivity index (χ2n) is 5.54. The van der Waals surface area contributed by atoms with Gasteiger partial charge < -0.3 is 15.0 Å². The first-order valence-electron chi connectivity index (χ1n) is 7.84. The number of hydrogen-bond acceptors (Lipinski definition) is 7. The molecule has 1 saturated heterocycles. The van der Waals surface area contributed by atoms with E-state index in [1.54, 1.807) is 18.2 Å². The predicted octanol–water partition coefficient (Wildman–Crippen LogP) is 1.22. The smallest absolute Gasteiger partial charge is 0.274 e. The number of rotatable bonds is 6. The van der Waals surface area contributed by atoms with Gasteiger partial charge in [-0.3, -0.25) is 9.78 Å². The summed E-state index contributed by atoms with van der Waals surface area (Å²) < 4.78 is 5.03. The fourth-order valence-corrected chi connectivity index (χ4v) is 2.63. The minimum absolute atomic E-state index is 0.0517. The molecule has 2 aromatic rings. The summed E-state index contributed by atoms with van der Waals surface area (Å²) in [6.07, 6.45) is 5.44. The minimum Gasteiger partial charge on any atom is -0.383 e. The number of nitrogens with zero attached hydrogens (tertiary/aromatic N) is 5. The molecular weight excluding hydrogens is 308 g/mol. The van der Waals surface area contributed by atoms with Gasteiger partial charge in [-0.25, -0.2) is 15.0 Å². The second kappa shape index (κ2) is 7.31. The lowest BCUT2D eigenvalue weighted by Crippen LogP contribution is -2.45. The van der Waals surface area contributed by atoms with Crippen molar-refractivity contribution in [1.82, 2.24) is 24.8 Å². The standard InChI is InChI=1S/C16H20N6O2/c1-11-20-12(9-15(21-11)19-6-8-24-2)14-3-7-22(14)16(23)13-10-17-4-5-18-13/h4-5,9-10,14H,3,6-8H2,1-2H3,(H,19,20,21)/t14-/m0/s1. The summed E-state index contributed by atoms with van der Waals surface area (Å²) in [7, 11) is 1.66. The summed E-state index contributed by atoms with van der Waals surface area (Å²) >= 11 is 0. The molecule has 24 heavy (non-hydrogen) atoms. The molecule has 0 aliphatic carbocycles. The van der Waals surface area contributed by atoms with E-state index in [-0.39, 0.29) is 11.9 Å². The third-order valence-corrected chi connectivity index (χ3v) is 3.87. The van der Waals surface area contributed by atoms with Crippen LogP contribution in [0.2, 0.25) is 0 Å². The monoisotopic (exact) mass is 328 g/mol. The zero-order valence-electron chi connectivity index (χ0n) is 13.8. The fraction of sp³-hybridized carbons (Fsp3) is 0.438. The van der Waals surface area contributed by atoms with E-state index < -0.39 is 0 Å². The first-order chi connectivity index (χ1) is 11.7. The maximum absolute atomic E-state index is 12.5. The van der Waals surface area contributed by atoms with Crippen molar-refractivity contribution >= 4 is 11.7 Å². The van der Waals surface area contributed by atoms with Crippen LogP contribution in [0.4, 0.5) is 5.82 Å². The molecule has 0 bridgehead atoms. The predicted molar refractivity (Wildman–Crippen MR) is 87.6 cm³/mol. The van der Waals surface area contributed by atoms with Gasteiger partial charge in [-0.1, -0.05) is 0 Å². The normalized spacial score (nSPS) is 16.6. The number of methoxy groups -OCH3 is 1. The molecule has 0 unspecified atom stereocenters. The molecule has 1 fully saturated rings. The van der Waals surface area contributed by atoms with Gasteiger partial charge in [0.05, 0.1) is 24.5 Å². The molecule has 3 heterocycles. The molecule has 0 aromatic carbocycles. The number of hydrogen-bond donors (Lipinski definition) is 1. The molecule has 8 heteroatoms. The number of ether oxygens (including phenoxy) is 1. The van der Waals surface area contributed by atoms with E-state index in [1.807, 2.05) is 13.0 Å². The largest absolute Gasteiger partial charge is 0.383 e. The molecule has 126 valence electrons. The van der Waals surface area contributed by atoms with E-state index >= 15 is 0 Å². The number of anilines is 1. The van der Waals surface area contributed by atoms with Crippen LogP contribution in [0.25, 0.3) is 0 Å². The Morgan fingerprint density at radius 2 is 2.29 bits per heavy atom. The number of aromatic nitrogens is 4. The Morgan fingerprint density at radius 3 is 2.96 bits per heavy atom. The summed E-state index contributed by atoms with van der Waals surface area (Å²) in [5, 5.41) is 3.20. The Balaban J connectivity index is 1.75. The van der Waals surface area contributed by atoms with Crippen molar-refractivity contribution in [3.63, 3.8) is 0 Å². The Kier molecular flexibility index (Phi) is 4.95. The number of amides is 1. The average Bonchev–Trinajstić information content (AvgIpc) is 2.54. The Bertz CT molecular complexity index is 709. The number of aryl methyl sites for hydroxylation is 1. The Labute approximate surface area is 140 Å². The number of carbonyl (C=O) groups is 1. The summed E-state index contributed by atoms with van der Waals surface area (Å²) in [6.45, 7) is 3.80. The summed E-state index contributed by atoms with van der Waals surface area (Å²) in [4.78, 5) is 31.2. The van der Waals surface area contributed by atoms with Gasteiger partial charge in [-0.15, -0.1) is 0 Å². The minimum atomic E-state index is -0.121. The maximum atomic E-state index is 12.5. The molecule has 8 nitrogen and oxygen atoms in total. The lowest BCUT2D eigenvalue weighted by Gasteiger charge is -2.40. The molecule has 1 aliphatic rings. The van der Waals surface area contributed by atoms with E-state index in [4.69, 9.17) is 4.74 Å². The highest BCUT2D eigenvalue weighted by atomic mass is 16.5. The van der Waals surface area contributed by atoms with Gasteiger partial charge in [-0.2, -0.15) is 0 Å². The number of nitrogens with one attached hydrogen (secondary N) is 1. The molecule has 0 radical (unpaired) electrons. The molecule has 1 aliphatic heterocycles. The lowest BCUT2D eigenvalue weighted by molar-refractivity contribution is 0.0443. The third-order valence-electron chi connectivity index (χ3n) is 3.87. The van der Waals surface area contributed by atoms with Crippen molar-refractivity contribution in [1.29, 1.82) is 0 Å². The van der Waals surface area contributed by atoms with Crippen molar-refractivity contribution in [3.8, 4) is 0 Å². The summed E-state index contributed by atoms with van der Waals surface area (Å²) in [6, 6.07) is 1.84. The van der Waals surface area contributed by atoms with Crippen molar-refractivity contribution < 1.29 is 9.53 Å². The van der Waals surface area contributed by atoms with E-state index in [1.165, 1.54) is 12.4 Å². The van der Waals surface area contributed by atoms with Crippen LogP contribution < -0.4 is 5.32 Å². The highest BCUT2D eigenvalue weighted by Gasteiger charge is 2.35. The Morgan fingerprint density at radius 1 is 1.42 bits per heavy atom. The van der Waals surface area contributed by atoms with Crippen LogP contribution in [0.15, 0.2) is 24.7 Å². The SMILES string of the molecule is COCCNc1cc([C@@H]2CCN2C(=O)c2cnccn2)nc(C)n1. The van der Waals surface area contributed by atoms with E-state index in [0.717, 1.165) is 17.9 Å². The van der Waals surface area contributed by atoms with Crippen LogP contribution in [0.5, 0.6) is 0 Å². The van der Waals surface area contributed by atoms with Gasteiger partial charge in [0.15, 0.2) is 0 Å². The molecule has 0 saturated carbocycles.